The van der Waals surface area contributed by atoms with Crippen LogP contribution in [-0.2, 0) is 30.3 Å². The van der Waals surface area contributed by atoms with Crippen LogP contribution in [0.4, 0.5) is 0 Å². The molecule has 5 rings (SSSR count). The van der Waals surface area contributed by atoms with Crippen LogP contribution in [0.3, 0.4) is 0 Å². The van der Waals surface area contributed by atoms with Crippen LogP contribution in [-0.4, -0.2) is 20.9 Å². The summed E-state index contributed by atoms with van der Waals surface area (Å²) in [6.07, 6.45) is 6.33. The molecule has 0 unspecified atom stereocenters. The van der Waals surface area contributed by atoms with Crippen molar-refractivity contribution in [3.05, 3.63) is 95.1 Å². The van der Waals surface area contributed by atoms with Gasteiger partial charge in [0.25, 0.3) is 0 Å². The second kappa shape index (κ2) is 16.3. The average molecular weight is 842 g/mol. The standard InChI is InChI=1S/C26H21N2OS.C15H28O2.Ir/c1-26(2,3)21-15-18(14-17-8-4-5-9-19(17)21)24-23-20-11-13-30-12-7-6-10-22(20)29-25(23)28-16-27-24;1-7-14(5,8-2)12(16)11-13(17)15(6,9-3)10-4;/h4-13,15-16H,1-3H3;11,16H,7-10H2,1-6H3;/q-1;;/b;12-11-;. The van der Waals surface area contributed by atoms with E-state index < -0.39 is 0 Å². The molecular formula is C41H49IrN2O3S-. The van der Waals surface area contributed by atoms with E-state index >= 15 is 0 Å². The van der Waals surface area contributed by atoms with Gasteiger partial charge in [0.15, 0.2) is 5.78 Å². The summed E-state index contributed by atoms with van der Waals surface area (Å²) in [5.41, 5.74) is 3.84. The Morgan fingerprint density at radius 3 is 2.15 bits per heavy atom. The van der Waals surface area contributed by atoms with Gasteiger partial charge in [-0.1, -0.05) is 104 Å². The molecule has 0 aliphatic rings. The minimum absolute atomic E-state index is 0. The number of hydrogen-bond acceptors (Lipinski definition) is 6. The quantitative estimate of drug-likeness (QED) is 0.0957. The van der Waals surface area contributed by atoms with Crippen molar-refractivity contribution in [3.8, 4) is 11.3 Å². The third-order valence-corrected chi connectivity index (χ3v) is 10.4. The number of rotatable bonds is 8. The molecule has 257 valence electrons. The van der Waals surface area contributed by atoms with Crippen LogP contribution in [0.2, 0.25) is 0 Å². The van der Waals surface area contributed by atoms with E-state index in [0.717, 1.165) is 58.7 Å². The second-order valence-corrected chi connectivity index (χ2v) is 14.5. The van der Waals surface area contributed by atoms with Crippen LogP contribution in [0, 0.1) is 16.9 Å². The van der Waals surface area contributed by atoms with Crippen molar-refractivity contribution in [1.82, 2.24) is 9.97 Å². The topological polar surface area (TPSA) is 76.2 Å². The third kappa shape index (κ3) is 8.42. The largest absolute Gasteiger partial charge is 0.512 e. The number of allylic oxidation sites excluding steroid dienone is 2. The van der Waals surface area contributed by atoms with E-state index in [1.807, 2.05) is 65.1 Å². The summed E-state index contributed by atoms with van der Waals surface area (Å²) < 4.78 is 6.08. The zero-order chi connectivity index (χ0) is 34.4. The second-order valence-electron chi connectivity index (χ2n) is 13.7. The van der Waals surface area contributed by atoms with E-state index in [0.29, 0.717) is 5.71 Å². The number of hydrogen-bond donors (Lipinski definition) is 1. The Labute approximate surface area is 303 Å². The maximum Gasteiger partial charge on any atom is 0.223 e. The summed E-state index contributed by atoms with van der Waals surface area (Å²) in [5.74, 6) is 0.286. The van der Waals surface area contributed by atoms with E-state index in [1.54, 1.807) is 17.7 Å². The number of aliphatic hydroxyl groups is 1. The van der Waals surface area contributed by atoms with Crippen molar-refractivity contribution < 1.29 is 34.4 Å². The number of benzene rings is 2. The van der Waals surface area contributed by atoms with Crippen LogP contribution in [0.25, 0.3) is 44.1 Å². The number of aromatic nitrogens is 2. The van der Waals surface area contributed by atoms with Crippen LogP contribution in [0.15, 0.2) is 87.9 Å². The van der Waals surface area contributed by atoms with Crippen LogP contribution >= 0.6 is 11.3 Å². The van der Waals surface area contributed by atoms with Crippen LogP contribution in [0.5, 0.6) is 0 Å². The molecule has 0 atom stereocenters. The molecule has 1 radical (unpaired) electrons. The Bertz CT molecular complexity index is 1940. The van der Waals surface area contributed by atoms with Crippen molar-refractivity contribution in [3.63, 3.8) is 0 Å². The Morgan fingerprint density at radius 1 is 0.854 bits per heavy atom. The van der Waals surface area contributed by atoms with Gasteiger partial charge in [-0.05, 0) is 54.0 Å². The molecule has 5 aromatic rings. The maximum atomic E-state index is 12.2. The number of ketones is 1. The summed E-state index contributed by atoms with van der Waals surface area (Å²) >= 11 is 1.62. The number of aliphatic hydroxyl groups excluding tert-OH is 1. The molecule has 0 spiro atoms. The molecule has 0 saturated heterocycles. The van der Waals surface area contributed by atoms with E-state index in [9.17, 15) is 9.90 Å². The fourth-order valence-corrected chi connectivity index (χ4v) is 6.00. The fourth-order valence-electron chi connectivity index (χ4n) is 5.51. The normalized spacial score (nSPS) is 12.3. The molecule has 2 aromatic carbocycles. The van der Waals surface area contributed by atoms with Crippen molar-refractivity contribution in [2.75, 3.05) is 0 Å². The molecule has 0 amide bonds. The summed E-state index contributed by atoms with van der Waals surface area (Å²) in [6, 6.07) is 22.2. The molecule has 5 nitrogen and oxygen atoms in total. The van der Waals surface area contributed by atoms with Gasteiger partial charge in [0.1, 0.15) is 17.7 Å². The minimum atomic E-state index is -0.337. The minimum Gasteiger partial charge on any atom is -0.512 e. The number of carbonyl (C=O) groups is 1. The molecule has 0 fully saturated rings. The van der Waals surface area contributed by atoms with Crippen molar-refractivity contribution >= 4 is 50.0 Å². The van der Waals surface area contributed by atoms with Gasteiger partial charge in [0, 0.05) is 53.5 Å². The monoisotopic (exact) mass is 842 g/mol. The van der Waals surface area contributed by atoms with Gasteiger partial charge in [-0.15, -0.1) is 29.1 Å². The first kappa shape index (κ1) is 39.1. The van der Waals surface area contributed by atoms with E-state index in [2.05, 4.69) is 78.6 Å². The van der Waals surface area contributed by atoms with E-state index in [1.165, 1.54) is 17.0 Å². The molecule has 7 heteroatoms. The molecule has 0 saturated carbocycles. The van der Waals surface area contributed by atoms with Crippen LogP contribution < -0.4 is 0 Å². The molecule has 48 heavy (non-hydrogen) atoms. The maximum absolute atomic E-state index is 12.2. The number of furan rings is 1. The molecule has 0 aliphatic carbocycles. The van der Waals surface area contributed by atoms with Gasteiger partial charge in [0.05, 0.1) is 0 Å². The SMILES string of the molecule is CC(C)(C)c1cc(-c2ncnc3oc4ccccsccc4c23)[c-]c2ccccc12.CCC(C)(CC)C(=O)/C=C(\O)C(C)(CC)CC.[Ir]. The summed E-state index contributed by atoms with van der Waals surface area (Å²) in [6.45, 7) is 18.8. The van der Waals surface area contributed by atoms with Gasteiger partial charge in [-0.2, -0.15) is 11.3 Å². The smallest absolute Gasteiger partial charge is 0.223 e. The van der Waals surface area contributed by atoms with Crippen molar-refractivity contribution in [1.29, 1.82) is 0 Å². The summed E-state index contributed by atoms with van der Waals surface area (Å²) in [4.78, 5) is 21.3. The van der Waals surface area contributed by atoms with E-state index in [-0.39, 0.29) is 47.9 Å². The van der Waals surface area contributed by atoms with Gasteiger partial charge < -0.3 is 9.52 Å². The Hall–Kier alpha value is -3.38. The van der Waals surface area contributed by atoms with Gasteiger partial charge >= 0.3 is 0 Å². The molecule has 0 bridgehead atoms. The van der Waals surface area contributed by atoms with Gasteiger partial charge in [0.2, 0.25) is 5.71 Å². The molecule has 1 N–H and O–H groups in total. The molecule has 3 heterocycles. The first-order valence-electron chi connectivity index (χ1n) is 16.7. The number of fused-ring (bicyclic) bond motifs is 4. The first-order chi connectivity index (χ1) is 22.3. The molecule has 0 aliphatic heterocycles. The summed E-state index contributed by atoms with van der Waals surface area (Å²) in [5, 5.41) is 18.4. The predicted molar refractivity (Wildman–Crippen MR) is 198 cm³/mol. The Balaban J connectivity index is 0.000000301. The Morgan fingerprint density at radius 2 is 1.50 bits per heavy atom. The molecule has 3 aromatic heterocycles. The van der Waals surface area contributed by atoms with Crippen molar-refractivity contribution in [2.24, 2.45) is 10.8 Å². The third-order valence-electron chi connectivity index (χ3n) is 9.82. The summed E-state index contributed by atoms with van der Waals surface area (Å²) in [7, 11) is 0. The zero-order valence-electron chi connectivity index (χ0n) is 29.7. The predicted octanol–water partition coefficient (Wildman–Crippen LogP) is 12.1. The van der Waals surface area contributed by atoms with Crippen molar-refractivity contribution in [2.45, 2.75) is 93.4 Å². The number of nitrogens with zero attached hydrogens (tertiary/aromatic N) is 2. The van der Waals surface area contributed by atoms with E-state index in [4.69, 9.17) is 4.42 Å². The molecular weight excluding hydrogens is 793 g/mol. The first-order valence-corrected chi connectivity index (χ1v) is 17.6. The fraction of sp³-hybridized carbons (Fsp3) is 0.390. The van der Waals surface area contributed by atoms with Crippen LogP contribution in [0.1, 0.15) is 93.6 Å². The zero-order valence-corrected chi connectivity index (χ0v) is 32.9. The Kier molecular flexibility index (Phi) is 13.3. The van der Waals surface area contributed by atoms with Gasteiger partial charge in [-0.25, -0.2) is 4.98 Å². The average Bonchev–Trinajstić information content (AvgIpc) is 3.47. The van der Waals surface area contributed by atoms with Gasteiger partial charge in [-0.3, -0.25) is 9.78 Å². The number of carbonyl (C=O) groups excluding carboxylic acids is 1.